The third kappa shape index (κ3) is 5.49. The van der Waals surface area contributed by atoms with Gasteiger partial charge in [0.25, 0.3) is 16.0 Å². The fourth-order valence-electron chi connectivity index (χ4n) is 3.92. The van der Waals surface area contributed by atoms with E-state index in [1.54, 1.807) is 68.4 Å². The summed E-state index contributed by atoms with van der Waals surface area (Å²) < 4.78 is 33.6. The number of phenols is 1. The van der Waals surface area contributed by atoms with Gasteiger partial charge in [0, 0.05) is 16.5 Å². The average molecular weight is 522 g/mol. The number of rotatable bonds is 7. The summed E-state index contributed by atoms with van der Waals surface area (Å²) in [4.78, 5) is 16.8. The number of azo groups is 1. The number of phenolic OH excluding ortho intramolecular Hbond substituents is 1. The van der Waals surface area contributed by atoms with Crippen LogP contribution in [0, 0.1) is 13.8 Å². The number of nitrogens with one attached hydrogen (secondary N) is 1. The summed E-state index contributed by atoms with van der Waals surface area (Å²) in [6, 6.07) is 17.4. The topological polar surface area (TPSA) is 158 Å². The first-order valence-electron chi connectivity index (χ1n) is 11.0. The molecule has 10 nitrogen and oxygen atoms in total. The molecule has 190 valence electrons. The van der Waals surface area contributed by atoms with E-state index in [2.05, 4.69) is 20.4 Å². The first-order valence-corrected chi connectivity index (χ1v) is 12.4. The highest BCUT2D eigenvalue weighted by Crippen LogP contribution is 2.43. The Morgan fingerprint density at radius 1 is 0.973 bits per heavy atom. The smallest absolute Gasteiger partial charge is 0.294 e. The molecule has 4 aromatic rings. The molecule has 0 unspecified atom stereocenters. The third-order valence-electron chi connectivity index (χ3n) is 5.75. The van der Waals surface area contributed by atoms with E-state index < -0.39 is 20.9 Å². The molecule has 4 N–H and O–H groups in total. The highest BCUT2D eigenvalue weighted by atomic mass is 32.2. The summed E-state index contributed by atoms with van der Waals surface area (Å²) in [6.07, 6.45) is 0. The van der Waals surface area contributed by atoms with Gasteiger partial charge in [-0.2, -0.15) is 13.5 Å². The largest absolute Gasteiger partial charge is 0.505 e. The number of carbonyl (C=O) groups is 1. The standard InChI is InChI=1S/C26H23N3O7S/c1-15-7-3-5-9-20(15)26(31)27-22-13-19(37(33,34)35)12-18-11-16(2)24(25(30)23(18)22)29-28-21-10-6-4-8-17(21)14-36-32/h3-13,30,32H,14H2,1-2H3,(H,27,31)(H,33,34,35). The number of carbonyl (C=O) groups excluding carboxylic acids is 1. The van der Waals surface area contributed by atoms with Crippen molar-refractivity contribution < 1.29 is 33.0 Å². The lowest BCUT2D eigenvalue weighted by molar-refractivity contribution is -0.252. The molecule has 0 bridgehead atoms. The minimum absolute atomic E-state index is 0.0404. The van der Waals surface area contributed by atoms with Gasteiger partial charge in [-0.15, -0.1) is 5.11 Å². The van der Waals surface area contributed by atoms with E-state index in [4.69, 9.17) is 5.26 Å². The molecule has 11 heteroatoms. The molecule has 0 saturated carbocycles. The maximum atomic E-state index is 13.0. The van der Waals surface area contributed by atoms with Crippen LogP contribution in [-0.2, 0) is 21.6 Å². The average Bonchev–Trinajstić information content (AvgIpc) is 2.84. The van der Waals surface area contributed by atoms with Crippen LogP contribution in [0.3, 0.4) is 0 Å². The lowest BCUT2D eigenvalue weighted by Gasteiger charge is -2.15. The van der Waals surface area contributed by atoms with Gasteiger partial charge in [0.15, 0.2) is 5.75 Å². The zero-order valence-electron chi connectivity index (χ0n) is 19.8. The number of hydrogen-bond donors (Lipinski definition) is 4. The molecular formula is C26H23N3O7S. The lowest BCUT2D eigenvalue weighted by atomic mass is 10.0. The second-order valence-corrected chi connectivity index (χ2v) is 9.73. The van der Waals surface area contributed by atoms with Crippen molar-refractivity contribution >= 4 is 43.9 Å². The summed E-state index contributed by atoms with van der Waals surface area (Å²) in [6.45, 7) is 3.27. The molecule has 0 aliphatic rings. The van der Waals surface area contributed by atoms with E-state index in [1.807, 2.05) is 0 Å². The van der Waals surface area contributed by atoms with Gasteiger partial charge >= 0.3 is 0 Å². The van der Waals surface area contributed by atoms with Crippen LogP contribution >= 0.6 is 0 Å². The summed E-state index contributed by atoms with van der Waals surface area (Å²) in [5.74, 6) is -0.885. The first-order chi connectivity index (χ1) is 17.6. The van der Waals surface area contributed by atoms with Crippen LogP contribution in [0.1, 0.15) is 27.0 Å². The van der Waals surface area contributed by atoms with Crippen molar-refractivity contribution in [2.45, 2.75) is 25.3 Å². The van der Waals surface area contributed by atoms with Crippen LogP contribution < -0.4 is 5.32 Å². The number of nitrogens with zero attached hydrogens (tertiary/aromatic N) is 2. The van der Waals surface area contributed by atoms with Crippen molar-refractivity contribution in [1.29, 1.82) is 0 Å². The van der Waals surface area contributed by atoms with Crippen LogP contribution in [0.2, 0.25) is 0 Å². The van der Waals surface area contributed by atoms with Gasteiger partial charge in [0.1, 0.15) is 12.3 Å². The Hall–Kier alpha value is -4.16. The Kier molecular flexibility index (Phi) is 7.32. The number of anilines is 1. The van der Waals surface area contributed by atoms with Crippen molar-refractivity contribution in [2.24, 2.45) is 10.2 Å². The summed E-state index contributed by atoms with van der Waals surface area (Å²) in [5.41, 5.74) is 2.48. The molecule has 0 radical (unpaired) electrons. The number of aromatic hydroxyl groups is 1. The van der Waals surface area contributed by atoms with Crippen LogP contribution in [0.4, 0.5) is 17.1 Å². The maximum Gasteiger partial charge on any atom is 0.294 e. The number of aryl methyl sites for hydroxylation is 2. The van der Waals surface area contributed by atoms with Crippen molar-refractivity contribution in [1.82, 2.24) is 0 Å². The quantitative estimate of drug-likeness (QED) is 0.0995. The normalized spacial score (nSPS) is 11.8. The van der Waals surface area contributed by atoms with Crippen molar-refractivity contribution in [3.05, 3.63) is 89.0 Å². The number of fused-ring (bicyclic) bond motifs is 1. The van der Waals surface area contributed by atoms with Gasteiger partial charge in [-0.05, 0) is 60.7 Å². The summed E-state index contributed by atoms with van der Waals surface area (Å²) in [7, 11) is -4.62. The van der Waals surface area contributed by atoms with Crippen molar-refractivity contribution in [3.63, 3.8) is 0 Å². The molecule has 0 aliphatic heterocycles. The molecule has 0 heterocycles. The fourth-order valence-corrected chi connectivity index (χ4v) is 4.46. The van der Waals surface area contributed by atoms with Crippen LogP contribution in [0.15, 0.2) is 81.9 Å². The zero-order chi connectivity index (χ0) is 26.7. The maximum absolute atomic E-state index is 13.0. The Morgan fingerprint density at radius 3 is 2.38 bits per heavy atom. The molecule has 0 saturated heterocycles. The van der Waals surface area contributed by atoms with E-state index >= 15 is 0 Å². The van der Waals surface area contributed by atoms with E-state index in [9.17, 15) is 22.9 Å². The molecule has 0 aromatic heterocycles. The molecule has 1 amide bonds. The van der Waals surface area contributed by atoms with Gasteiger partial charge in [-0.25, -0.2) is 4.89 Å². The van der Waals surface area contributed by atoms with Gasteiger partial charge in [0.2, 0.25) is 0 Å². The molecule has 0 fully saturated rings. The molecule has 4 aromatic carbocycles. The molecular weight excluding hydrogens is 498 g/mol. The van der Waals surface area contributed by atoms with Crippen molar-refractivity contribution in [3.8, 4) is 5.75 Å². The van der Waals surface area contributed by atoms with Crippen LogP contribution in [0.5, 0.6) is 5.75 Å². The fraction of sp³-hybridized carbons (Fsp3) is 0.115. The molecule has 0 aliphatic carbocycles. The van der Waals surface area contributed by atoms with Gasteiger partial charge in [0.05, 0.1) is 16.3 Å². The summed E-state index contributed by atoms with van der Waals surface area (Å²) in [5, 5.41) is 31.4. The van der Waals surface area contributed by atoms with Crippen molar-refractivity contribution in [2.75, 3.05) is 5.32 Å². The Labute approximate surface area is 212 Å². The minimum atomic E-state index is -4.62. The van der Waals surface area contributed by atoms with Crippen LogP contribution in [-0.4, -0.2) is 29.2 Å². The zero-order valence-corrected chi connectivity index (χ0v) is 20.7. The Balaban J connectivity index is 1.88. The second kappa shape index (κ2) is 10.4. The SMILES string of the molecule is Cc1ccccc1C(=O)Nc1cc(S(=O)(=O)O)cc2cc(C)c(N=Nc3ccccc3COO)c(O)c12. The Bertz CT molecular complexity index is 1650. The van der Waals surface area contributed by atoms with Gasteiger partial charge in [-0.1, -0.05) is 36.4 Å². The third-order valence-corrected chi connectivity index (χ3v) is 6.59. The highest BCUT2D eigenvalue weighted by Gasteiger charge is 2.21. The Morgan fingerprint density at radius 2 is 1.68 bits per heavy atom. The van der Waals surface area contributed by atoms with Gasteiger partial charge in [-0.3, -0.25) is 14.6 Å². The van der Waals surface area contributed by atoms with E-state index in [0.29, 0.717) is 27.9 Å². The highest BCUT2D eigenvalue weighted by molar-refractivity contribution is 7.85. The van der Waals surface area contributed by atoms with E-state index in [1.165, 1.54) is 6.07 Å². The predicted octanol–water partition coefficient (Wildman–Crippen LogP) is 6.07. The number of benzene rings is 4. The number of hydrogen-bond acceptors (Lipinski definition) is 8. The molecule has 0 spiro atoms. The van der Waals surface area contributed by atoms with E-state index in [-0.39, 0.29) is 34.5 Å². The minimum Gasteiger partial charge on any atom is -0.505 e. The second-order valence-electron chi connectivity index (χ2n) is 8.31. The monoisotopic (exact) mass is 521 g/mol. The molecule has 4 rings (SSSR count). The lowest BCUT2D eigenvalue weighted by Crippen LogP contribution is -2.14. The molecule has 37 heavy (non-hydrogen) atoms. The van der Waals surface area contributed by atoms with E-state index in [0.717, 1.165) is 6.07 Å². The van der Waals surface area contributed by atoms with Gasteiger partial charge < -0.3 is 10.4 Å². The number of amides is 1. The predicted molar refractivity (Wildman–Crippen MR) is 137 cm³/mol. The van der Waals surface area contributed by atoms with Crippen LogP contribution in [0.25, 0.3) is 10.8 Å². The summed E-state index contributed by atoms with van der Waals surface area (Å²) >= 11 is 0. The molecule has 0 atom stereocenters. The first kappa shape index (κ1) is 25.9.